The number of amides is 1. The molecule has 0 aliphatic heterocycles. The van der Waals surface area contributed by atoms with Crippen molar-refractivity contribution in [2.24, 2.45) is 0 Å². The fraction of sp³-hybridized carbons (Fsp3) is 0.692. The van der Waals surface area contributed by atoms with Gasteiger partial charge in [-0.3, -0.25) is 9.89 Å². The van der Waals surface area contributed by atoms with E-state index in [2.05, 4.69) is 20.5 Å². The van der Waals surface area contributed by atoms with E-state index >= 15 is 0 Å². The zero-order valence-corrected chi connectivity index (χ0v) is 12.4. The van der Waals surface area contributed by atoms with E-state index in [1.165, 1.54) is 0 Å². The molecule has 7 heteroatoms. The summed E-state index contributed by atoms with van der Waals surface area (Å²) in [6.45, 7) is 7.79. The van der Waals surface area contributed by atoms with Crippen molar-refractivity contribution in [3.63, 3.8) is 0 Å². The minimum absolute atomic E-state index is 0.0299. The second kappa shape index (κ2) is 6.49. The second-order valence-electron chi connectivity index (χ2n) is 5.76. The summed E-state index contributed by atoms with van der Waals surface area (Å²) in [7, 11) is 0. The summed E-state index contributed by atoms with van der Waals surface area (Å²) >= 11 is 0. The smallest absolute Gasteiger partial charge is 0.326 e. The predicted octanol–water partition coefficient (Wildman–Crippen LogP) is 1.48. The van der Waals surface area contributed by atoms with Gasteiger partial charge < -0.3 is 10.4 Å². The Morgan fingerprint density at radius 3 is 2.50 bits per heavy atom. The minimum atomic E-state index is -1.04. The van der Waals surface area contributed by atoms with Crippen LogP contribution in [0.5, 0.6) is 0 Å². The number of carbonyl (C=O) groups is 2. The lowest BCUT2D eigenvalue weighted by atomic mass is 9.96. The fourth-order valence-corrected chi connectivity index (χ4v) is 1.59. The number of carboxylic acids is 1. The summed E-state index contributed by atoms with van der Waals surface area (Å²) in [6, 6.07) is -0.904. The molecule has 0 radical (unpaired) electrons. The molecule has 0 saturated carbocycles. The molecular formula is C13H22N4O3. The van der Waals surface area contributed by atoms with Gasteiger partial charge in [0.15, 0.2) is 0 Å². The second-order valence-corrected chi connectivity index (χ2v) is 5.76. The van der Waals surface area contributed by atoms with E-state index < -0.39 is 17.9 Å². The molecule has 20 heavy (non-hydrogen) atoms. The van der Waals surface area contributed by atoms with E-state index in [0.29, 0.717) is 12.2 Å². The maximum Gasteiger partial charge on any atom is 0.326 e. The van der Waals surface area contributed by atoms with Crippen LogP contribution in [0.3, 0.4) is 0 Å². The fourth-order valence-electron chi connectivity index (χ4n) is 1.59. The highest BCUT2D eigenvalue weighted by molar-refractivity contribution is 5.93. The summed E-state index contributed by atoms with van der Waals surface area (Å²) in [5.74, 6) is -1.06. The number of rotatable bonds is 6. The molecule has 1 aromatic rings. The lowest BCUT2D eigenvalue weighted by Gasteiger charge is -2.13. The van der Waals surface area contributed by atoms with Crippen LogP contribution >= 0.6 is 0 Å². The molecule has 0 aromatic carbocycles. The zero-order chi connectivity index (χ0) is 15.3. The Labute approximate surface area is 118 Å². The van der Waals surface area contributed by atoms with Crippen molar-refractivity contribution in [2.45, 2.75) is 58.4 Å². The molecule has 7 nitrogen and oxygen atoms in total. The van der Waals surface area contributed by atoms with Crippen molar-refractivity contribution in [3.05, 3.63) is 11.6 Å². The van der Waals surface area contributed by atoms with Crippen LogP contribution in [0.1, 0.15) is 63.4 Å². The summed E-state index contributed by atoms with van der Waals surface area (Å²) in [5, 5.41) is 18.1. The number of aliphatic carboxylic acids is 1. The number of aromatic nitrogens is 3. The van der Waals surface area contributed by atoms with Gasteiger partial charge in [0.25, 0.3) is 5.91 Å². The van der Waals surface area contributed by atoms with Crippen molar-refractivity contribution in [1.82, 2.24) is 20.5 Å². The molecule has 1 amide bonds. The number of nitrogens with one attached hydrogen (secondary N) is 2. The summed E-state index contributed by atoms with van der Waals surface area (Å²) in [4.78, 5) is 27.1. The molecule has 112 valence electrons. The van der Waals surface area contributed by atoms with Gasteiger partial charge in [-0.05, 0) is 6.42 Å². The molecule has 1 unspecified atom stereocenters. The van der Waals surface area contributed by atoms with Gasteiger partial charge in [0.1, 0.15) is 11.9 Å². The van der Waals surface area contributed by atoms with Crippen LogP contribution in [0.15, 0.2) is 0 Å². The van der Waals surface area contributed by atoms with E-state index in [0.717, 1.165) is 12.8 Å². The summed E-state index contributed by atoms with van der Waals surface area (Å²) in [6.07, 6.45) is 2.00. The van der Waals surface area contributed by atoms with Gasteiger partial charge in [0.2, 0.25) is 5.82 Å². The number of carbonyl (C=O) groups excluding carboxylic acids is 1. The highest BCUT2D eigenvalue weighted by Gasteiger charge is 2.24. The lowest BCUT2D eigenvalue weighted by Crippen LogP contribution is -2.41. The largest absolute Gasteiger partial charge is 0.480 e. The van der Waals surface area contributed by atoms with Crippen molar-refractivity contribution in [3.8, 4) is 0 Å². The first kappa shape index (κ1) is 16.1. The van der Waals surface area contributed by atoms with Crippen molar-refractivity contribution in [2.75, 3.05) is 0 Å². The number of carboxylic acid groups (broad SMARTS) is 1. The van der Waals surface area contributed by atoms with Crippen LogP contribution in [0.2, 0.25) is 0 Å². The number of nitrogens with zero attached hydrogens (tertiary/aromatic N) is 2. The van der Waals surface area contributed by atoms with E-state index in [-0.39, 0.29) is 11.2 Å². The molecular weight excluding hydrogens is 260 g/mol. The van der Waals surface area contributed by atoms with Crippen LogP contribution in [-0.2, 0) is 10.2 Å². The third-order valence-electron chi connectivity index (χ3n) is 2.85. The van der Waals surface area contributed by atoms with Crippen LogP contribution < -0.4 is 5.32 Å². The van der Waals surface area contributed by atoms with Gasteiger partial charge in [-0.1, -0.05) is 40.5 Å². The maximum absolute atomic E-state index is 11.9. The van der Waals surface area contributed by atoms with Gasteiger partial charge in [0, 0.05) is 5.41 Å². The number of hydrogen-bond acceptors (Lipinski definition) is 4. The Kier molecular flexibility index (Phi) is 5.24. The molecule has 1 rings (SSSR count). The number of aromatic amines is 1. The molecule has 1 heterocycles. The SMILES string of the molecule is CCCCC(NC(=O)c1n[nH]c(C(C)(C)C)n1)C(=O)O. The van der Waals surface area contributed by atoms with Gasteiger partial charge in [-0.15, -0.1) is 5.10 Å². The molecule has 0 saturated heterocycles. The monoisotopic (exact) mass is 282 g/mol. The topological polar surface area (TPSA) is 108 Å². The third-order valence-corrected chi connectivity index (χ3v) is 2.85. The van der Waals surface area contributed by atoms with Crippen LogP contribution in [0, 0.1) is 0 Å². The Bertz CT molecular complexity index is 476. The van der Waals surface area contributed by atoms with Gasteiger partial charge >= 0.3 is 5.97 Å². The number of unbranched alkanes of at least 4 members (excludes halogenated alkanes) is 1. The molecule has 1 aromatic heterocycles. The molecule has 0 aliphatic rings. The van der Waals surface area contributed by atoms with Crippen LogP contribution in [-0.4, -0.2) is 38.2 Å². The Morgan fingerprint density at radius 1 is 1.40 bits per heavy atom. The lowest BCUT2D eigenvalue weighted by molar-refractivity contribution is -0.139. The molecule has 1 atom stereocenters. The van der Waals surface area contributed by atoms with Crippen molar-refractivity contribution in [1.29, 1.82) is 0 Å². The van der Waals surface area contributed by atoms with Gasteiger partial charge in [0.05, 0.1) is 0 Å². The van der Waals surface area contributed by atoms with E-state index in [1.807, 2.05) is 27.7 Å². The van der Waals surface area contributed by atoms with Crippen LogP contribution in [0.25, 0.3) is 0 Å². The summed E-state index contributed by atoms with van der Waals surface area (Å²) < 4.78 is 0. The zero-order valence-electron chi connectivity index (χ0n) is 12.4. The first-order valence-electron chi connectivity index (χ1n) is 6.72. The molecule has 0 fully saturated rings. The Hall–Kier alpha value is -1.92. The van der Waals surface area contributed by atoms with Crippen molar-refractivity contribution >= 4 is 11.9 Å². The van der Waals surface area contributed by atoms with Gasteiger partial charge in [-0.2, -0.15) is 0 Å². The van der Waals surface area contributed by atoms with Gasteiger partial charge in [-0.25, -0.2) is 9.78 Å². The average molecular weight is 282 g/mol. The molecule has 0 aliphatic carbocycles. The molecule has 0 bridgehead atoms. The highest BCUT2D eigenvalue weighted by atomic mass is 16.4. The first-order valence-corrected chi connectivity index (χ1v) is 6.72. The highest BCUT2D eigenvalue weighted by Crippen LogP contribution is 2.17. The predicted molar refractivity (Wildman–Crippen MR) is 73.5 cm³/mol. The quantitative estimate of drug-likeness (QED) is 0.732. The minimum Gasteiger partial charge on any atom is -0.480 e. The Morgan fingerprint density at radius 2 is 2.05 bits per heavy atom. The molecule has 3 N–H and O–H groups in total. The normalized spacial score (nSPS) is 13.0. The van der Waals surface area contributed by atoms with Crippen LogP contribution in [0.4, 0.5) is 0 Å². The standard InChI is InChI=1S/C13H22N4O3/c1-5-6-7-8(11(19)20)14-10(18)9-15-12(17-16-9)13(2,3)4/h8H,5-7H2,1-4H3,(H,14,18)(H,19,20)(H,15,16,17). The van der Waals surface area contributed by atoms with E-state index in [9.17, 15) is 9.59 Å². The Balaban J connectivity index is 2.74. The van der Waals surface area contributed by atoms with Crippen molar-refractivity contribution < 1.29 is 14.7 Å². The third kappa shape index (κ3) is 4.32. The average Bonchev–Trinajstić information content (AvgIpc) is 2.83. The van der Waals surface area contributed by atoms with E-state index in [4.69, 9.17) is 5.11 Å². The summed E-state index contributed by atoms with van der Waals surface area (Å²) in [5.41, 5.74) is -0.250. The first-order chi connectivity index (χ1) is 9.25. The number of H-pyrrole nitrogens is 1. The van der Waals surface area contributed by atoms with E-state index in [1.54, 1.807) is 0 Å². The number of hydrogen-bond donors (Lipinski definition) is 3. The molecule has 0 spiro atoms. The maximum atomic E-state index is 11.9.